The van der Waals surface area contributed by atoms with E-state index in [-0.39, 0.29) is 23.3 Å². The van der Waals surface area contributed by atoms with E-state index in [2.05, 4.69) is 71.1 Å². The lowest BCUT2D eigenvalue weighted by Crippen LogP contribution is -2.34. The van der Waals surface area contributed by atoms with E-state index < -0.39 is 6.10 Å². The molecule has 0 fully saturated rings. The van der Waals surface area contributed by atoms with Gasteiger partial charge in [0.15, 0.2) is 0 Å². The van der Waals surface area contributed by atoms with Gasteiger partial charge in [0.1, 0.15) is 12.4 Å². The second kappa shape index (κ2) is 12.8. The van der Waals surface area contributed by atoms with Gasteiger partial charge in [0, 0.05) is 23.3 Å². The molecule has 2 N–H and O–H groups in total. The highest BCUT2D eigenvalue weighted by Crippen LogP contribution is 2.41. The normalized spacial score (nSPS) is 12.9. The third kappa shape index (κ3) is 6.83. The number of hydrogen-bond acceptors (Lipinski definition) is 4. The molecular formula is C30H45NO3S. The molecule has 4 nitrogen and oxygen atoms in total. The Hall–Kier alpha value is -1.98. The van der Waals surface area contributed by atoms with E-state index in [9.17, 15) is 9.90 Å². The summed E-state index contributed by atoms with van der Waals surface area (Å²) in [4.78, 5) is 12.6. The van der Waals surface area contributed by atoms with Crippen molar-refractivity contribution in [3.63, 3.8) is 0 Å². The SMILES string of the molecule is CCC(CC)(c1ccc(OCC(O)C(C)(C)CC)c(C)c1)c1ccc(C(=O)NCCSC)c(C)c1. The Kier molecular flexibility index (Phi) is 10.7. The number of carbonyl (C=O) groups is 1. The molecule has 0 aliphatic carbocycles. The minimum Gasteiger partial charge on any atom is -0.491 e. The van der Waals surface area contributed by atoms with Gasteiger partial charge in [0.25, 0.3) is 5.91 Å². The Morgan fingerprint density at radius 3 is 2.11 bits per heavy atom. The molecule has 1 atom stereocenters. The number of hydrogen-bond donors (Lipinski definition) is 2. The average Bonchev–Trinajstić information content (AvgIpc) is 2.84. The fourth-order valence-corrected chi connectivity index (χ4v) is 4.86. The van der Waals surface area contributed by atoms with E-state index in [1.54, 1.807) is 11.8 Å². The molecule has 1 amide bonds. The molecule has 2 aromatic rings. The molecule has 0 spiro atoms. The molecule has 0 aliphatic heterocycles. The summed E-state index contributed by atoms with van der Waals surface area (Å²) in [6.45, 7) is 15.7. The largest absolute Gasteiger partial charge is 0.491 e. The predicted octanol–water partition coefficient (Wildman–Crippen LogP) is 6.68. The first-order chi connectivity index (χ1) is 16.6. The molecule has 0 heterocycles. The van der Waals surface area contributed by atoms with Gasteiger partial charge in [0.05, 0.1) is 6.10 Å². The minimum absolute atomic E-state index is 0.00696. The van der Waals surface area contributed by atoms with E-state index in [4.69, 9.17) is 4.74 Å². The molecule has 2 rings (SSSR count). The van der Waals surface area contributed by atoms with Crippen LogP contribution >= 0.6 is 11.8 Å². The Bertz CT molecular complexity index is 982. The van der Waals surface area contributed by atoms with Crippen LogP contribution in [0.25, 0.3) is 0 Å². The van der Waals surface area contributed by atoms with E-state index in [0.717, 1.165) is 47.5 Å². The van der Waals surface area contributed by atoms with E-state index >= 15 is 0 Å². The van der Waals surface area contributed by atoms with Gasteiger partial charge in [-0.15, -0.1) is 0 Å². The molecule has 2 aromatic carbocycles. The van der Waals surface area contributed by atoms with Crippen LogP contribution in [0.1, 0.15) is 86.5 Å². The van der Waals surface area contributed by atoms with E-state index in [0.29, 0.717) is 6.54 Å². The number of carbonyl (C=O) groups excluding carboxylic acids is 1. The van der Waals surface area contributed by atoms with Gasteiger partial charge in [-0.1, -0.05) is 58.9 Å². The van der Waals surface area contributed by atoms with Crippen LogP contribution in [-0.2, 0) is 5.41 Å². The number of aliphatic hydroxyl groups excluding tert-OH is 1. The molecule has 0 aromatic heterocycles. The predicted molar refractivity (Wildman–Crippen MR) is 150 cm³/mol. The Morgan fingerprint density at radius 1 is 1.00 bits per heavy atom. The summed E-state index contributed by atoms with van der Waals surface area (Å²) in [5, 5.41) is 13.5. The zero-order chi connectivity index (χ0) is 26.2. The lowest BCUT2D eigenvalue weighted by molar-refractivity contribution is 0.00947. The zero-order valence-corrected chi connectivity index (χ0v) is 23.8. The third-order valence-corrected chi connectivity index (χ3v) is 8.37. The van der Waals surface area contributed by atoms with Crippen molar-refractivity contribution < 1.29 is 14.6 Å². The number of aryl methyl sites for hydroxylation is 2. The van der Waals surface area contributed by atoms with Gasteiger partial charge in [-0.2, -0.15) is 11.8 Å². The van der Waals surface area contributed by atoms with Crippen molar-refractivity contribution in [2.75, 3.05) is 25.2 Å². The van der Waals surface area contributed by atoms with Gasteiger partial charge < -0.3 is 15.2 Å². The number of benzene rings is 2. The molecule has 194 valence electrons. The van der Waals surface area contributed by atoms with Crippen LogP contribution in [0.4, 0.5) is 0 Å². The molecule has 35 heavy (non-hydrogen) atoms. The molecule has 0 radical (unpaired) electrons. The first-order valence-corrected chi connectivity index (χ1v) is 14.3. The highest BCUT2D eigenvalue weighted by Gasteiger charge is 2.32. The molecule has 0 aliphatic rings. The smallest absolute Gasteiger partial charge is 0.251 e. The van der Waals surface area contributed by atoms with Crippen molar-refractivity contribution in [3.8, 4) is 5.75 Å². The number of ether oxygens (including phenoxy) is 1. The second-order valence-corrected chi connectivity index (χ2v) is 11.2. The van der Waals surface area contributed by atoms with Crippen molar-refractivity contribution in [2.24, 2.45) is 5.41 Å². The number of rotatable bonds is 13. The minimum atomic E-state index is -0.517. The highest BCUT2D eigenvalue weighted by molar-refractivity contribution is 7.98. The van der Waals surface area contributed by atoms with Crippen LogP contribution in [-0.4, -0.2) is 42.3 Å². The lowest BCUT2D eigenvalue weighted by atomic mass is 9.70. The van der Waals surface area contributed by atoms with Crippen molar-refractivity contribution in [1.29, 1.82) is 0 Å². The van der Waals surface area contributed by atoms with Crippen LogP contribution in [0.15, 0.2) is 36.4 Å². The first-order valence-electron chi connectivity index (χ1n) is 12.9. The van der Waals surface area contributed by atoms with Crippen LogP contribution < -0.4 is 10.1 Å². The Labute approximate surface area is 217 Å². The maximum absolute atomic E-state index is 12.6. The van der Waals surface area contributed by atoms with Crippen molar-refractivity contribution in [2.45, 2.75) is 79.2 Å². The van der Waals surface area contributed by atoms with Gasteiger partial charge in [0.2, 0.25) is 0 Å². The maximum atomic E-state index is 12.6. The lowest BCUT2D eigenvalue weighted by Gasteiger charge is -2.34. The molecule has 0 bridgehead atoms. The van der Waals surface area contributed by atoms with Gasteiger partial charge in [-0.25, -0.2) is 0 Å². The first kappa shape index (κ1) is 29.3. The summed E-state index contributed by atoms with van der Waals surface area (Å²) in [6, 6.07) is 12.7. The molecule has 0 saturated carbocycles. The summed E-state index contributed by atoms with van der Waals surface area (Å²) in [5.74, 6) is 1.72. The highest BCUT2D eigenvalue weighted by atomic mass is 32.2. The maximum Gasteiger partial charge on any atom is 0.251 e. The monoisotopic (exact) mass is 499 g/mol. The van der Waals surface area contributed by atoms with Crippen molar-refractivity contribution in [3.05, 3.63) is 64.2 Å². The van der Waals surface area contributed by atoms with Crippen molar-refractivity contribution in [1.82, 2.24) is 5.32 Å². The number of amides is 1. The standard InChI is InChI=1S/C30H45NO3S/c1-9-29(6,7)27(32)20-34-26-15-13-24(19-22(26)5)30(10-2,11-3)23-12-14-25(21(4)18-23)28(33)31-16-17-35-8/h12-15,18-19,27,32H,9-11,16-17,20H2,1-8H3,(H,31,33). The topological polar surface area (TPSA) is 58.6 Å². The quantitative estimate of drug-likeness (QED) is 0.302. The Balaban J connectivity index is 2.31. The van der Waals surface area contributed by atoms with Crippen molar-refractivity contribution >= 4 is 17.7 Å². The van der Waals surface area contributed by atoms with Crippen LogP contribution in [0, 0.1) is 19.3 Å². The summed E-state index contributed by atoms with van der Waals surface area (Å²) in [6.07, 6.45) is 4.31. The molecule has 0 saturated heterocycles. The molecule has 1 unspecified atom stereocenters. The fraction of sp³-hybridized carbons (Fsp3) is 0.567. The van der Waals surface area contributed by atoms with Crippen LogP contribution in [0.2, 0.25) is 0 Å². The number of thioether (sulfide) groups is 1. The number of aliphatic hydroxyl groups is 1. The second-order valence-electron chi connectivity index (χ2n) is 10.2. The molecular weight excluding hydrogens is 454 g/mol. The van der Waals surface area contributed by atoms with Gasteiger partial charge >= 0.3 is 0 Å². The number of nitrogens with one attached hydrogen (secondary N) is 1. The van der Waals surface area contributed by atoms with Gasteiger partial charge in [-0.05, 0) is 79.2 Å². The van der Waals surface area contributed by atoms with E-state index in [1.165, 1.54) is 11.1 Å². The summed E-state index contributed by atoms with van der Waals surface area (Å²) in [7, 11) is 0. The van der Waals surface area contributed by atoms with Crippen LogP contribution in [0.3, 0.4) is 0 Å². The average molecular weight is 500 g/mol. The van der Waals surface area contributed by atoms with E-state index in [1.807, 2.05) is 25.3 Å². The summed E-state index contributed by atoms with van der Waals surface area (Å²) >= 11 is 1.72. The summed E-state index contributed by atoms with van der Waals surface area (Å²) in [5.41, 5.74) is 4.96. The fourth-order valence-electron chi connectivity index (χ4n) is 4.55. The molecule has 5 heteroatoms. The zero-order valence-electron chi connectivity index (χ0n) is 23.0. The Morgan fingerprint density at radius 2 is 1.60 bits per heavy atom. The summed E-state index contributed by atoms with van der Waals surface area (Å²) < 4.78 is 6.03. The third-order valence-electron chi connectivity index (χ3n) is 7.76. The van der Waals surface area contributed by atoms with Gasteiger partial charge in [-0.3, -0.25) is 4.79 Å². The van der Waals surface area contributed by atoms with Crippen LogP contribution in [0.5, 0.6) is 5.75 Å².